The van der Waals surface area contributed by atoms with Crippen molar-refractivity contribution in [2.75, 3.05) is 0 Å². The average Bonchev–Trinajstić information content (AvgIpc) is 3.79. The van der Waals surface area contributed by atoms with E-state index in [0.717, 1.165) is 22.5 Å². The summed E-state index contributed by atoms with van der Waals surface area (Å²) in [4.78, 5) is 5.45. The van der Waals surface area contributed by atoms with Gasteiger partial charge in [-0.05, 0) is 95.4 Å². The van der Waals surface area contributed by atoms with Gasteiger partial charge in [0.15, 0.2) is 0 Å². The molecule has 60 heavy (non-hydrogen) atoms. The number of hydrogen-bond acceptors (Lipinski definition) is 2. The van der Waals surface area contributed by atoms with Crippen LogP contribution in [0.25, 0.3) is 83.0 Å². The maximum atomic E-state index is 5.45. The van der Waals surface area contributed by atoms with E-state index < -0.39 is 0 Å². The van der Waals surface area contributed by atoms with Gasteiger partial charge in [0.05, 0.1) is 16.7 Å². The van der Waals surface area contributed by atoms with Crippen molar-refractivity contribution in [1.82, 2.24) is 14.9 Å². The number of para-hydroxylation sites is 3. The molecular formula is C48H42B9N3. The zero-order chi connectivity index (χ0) is 41.5. The second kappa shape index (κ2) is 12.9. The Morgan fingerprint density at radius 1 is 0.450 bits per heavy atom. The van der Waals surface area contributed by atoms with Crippen LogP contribution in [0.3, 0.4) is 0 Å². The lowest BCUT2D eigenvalue weighted by Gasteiger charge is -2.69. The Kier molecular flexibility index (Phi) is 8.02. The molecule has 1 saturated heterocycles. The van der Waals surface area contributed by atoms with Gasteiger partial charge in [-0.25, -0.2) is 4.98 Å². The van der Waals surface area contributed by atoms with Crippen molar-refractivity contribution in [2.24, 2.45) is 0 Å². The summed E-state index contributed by atoms with van der Waals surface area (Å²) in [6, 6.07) is 52.2. The average molecular weight is 758 g/mol. The van der Waals surface area contributed by atoms with Crippen molar-refractivity contribution in [2.45, 2.75) is 16.1 Å². The summed E-state index contributed by atoms with van der Waals surface area (Å²) >= 11 is 0. The molecule has 1 aliphatic carbocycles. The smallest absolute Gasteiger partial charge is 0.144 e. The molecule has 12 heteroatoms. The Balaban J connectivity index is 1.20. The third-order valence-electron chi connectivity index (χ3n) is 15.0. The van der Waals surface area contributed by atoms with Crippen LogP contribution in [0.15, 0.2) is 140 Å². The molecule has 1 spiro atoms. The maximum absolute atomic E-state index is 5.45. The quantitative estimate of drug-likeness (QED) is 0.172. The monoisotopic (exact) mass is 759 g/mol. The maximum Gasteiger partial charge on any atom is 0.144 e. The van der Waals surface area contributed by atoms with Gasteiger partial charge in [0.25, 0.3) is 0 Å². The normalized spacial score (nSPS) is 15.6. The molecule has 0 saturated carbocycles. The number of aromatic nitrogens is 2. The van der Waals surface area contributed by atoms with E-state index in [2.05, 4.69) is 220 Å². The first-order valence-electron chi connectivity index (χ1n) is 21.5. The third kappa shape index (κ3) is 4.74. The van der Waals surface area contributed by atoms with Crippen molar-refractivity contribution in [3.63, 3.8) is 0 Å². The standard InChI is InChI=1S/C48H42B9N3/c49-40-39(41(50)43(52)44(53)42(40)51)45-58-34-18-8-10-20-36(34)60(45)35-19-9-6-16-31(35)38-29-14-3-1-12-27(29)37(28-13-2-4-15-30(28)38)24-21-22-26-25-11-5-7-17-32(25)46(33(26)23-24)47(54,55)59-48(46,56)57/h1-23,59H,49-57H2. The summed E-state index contributed by atoms with van der Waals surface area (Å²) in [5, 5.41) is 8.70. The van der Waals surface area contributed by atoms with E-state index in [9.17, 15) is 0 Å². The Hall–Kier alpha value is -5.71. The molecule has 0 bridgehead atoms. The Bertz CT molecular complexity index is 3240. The number of hydrogen-bond donors (Lipinski definition) is 1. The molecule has 1 fully saturated rings. The summed E-state index contributed by atoms with van der Waals surface area (Å²) in [5.41, 5.74) is 21.4. The van der Waals surface area contributed by atoms with Crippen LogP contribution in [0.1, 0.15) is 11.1 Å². The van der Waals surface area contributed by atoms with Crippen LogP contribution >= 0.6 is 0 Å². The predicted molar refractivity (Wildman–Crippen MR) is 282 cm³/mol. The minimum atomic E-state index is -0.178. The molecule has 0 atom stereocenters. The Morgan fingerprint density at radius 2 is 0.950 bits per heavy atom. The highest BCUT2D eigenvalue weighted by Crippen LogP contribution is 2.62. The molecule has 3 nitrogen and oxygen atoms in total. The number of fused-ring (bicyclic) bond motifs is 8. The van der Waals surface area contributed by atoms with Gasteiger partial charge in [-0.3, -0.25) is 4.57 Å². The fraction of sp³-hybridized carbons (Fsp3) is 0.0625. The lowest BCUT2D eigenvalue weighted by atomic mass is 9.25. The summed E-state index contributed by atoms with van der Waals surface area (Å²) in [6.07, 6.45) is 0. The topological polar surface area (TPSA) is 29.9 Å². The molecule has 0 unspecified atom stereocenters. The van der Waals surface area contributed by atoms with Crippen molar-refractivity contribution < 1.29 is 0 Å². The Labute approximate surface area is 360 Å². The van der Waals surface area contributed by atoms with Crippen molar-refractivity contribution >= 4 is 131 Å². The summed E-state index contributed by atoms with van der Waals surface area (Å²) in [7, 11) is 20.8. The van der Waals surface area contributed by atoms with Crippen LogP contribution in [-0.4, -0.2) is 90.8 Å². The second-order valence-corrected chi connectivity index (χ2v) is 18.5. The predicted octanol–water partition coefficient (Wildman–Crippen LogP) is -1.67. The minimum absolute atomic E-state index is 0.127. The van der Waals surface area contributed by atoms with Crippen LogP contribution in [0.4, 0.5) is 0 Å². The number of rotatable bonds is 4. The van der Waals surface area contributed by atoms with E-state index in [1.807, 2.05) is 0 Å². The molecule has 2 aliphatic rings. The highest BCUT2D eigenvalue weighted by molar-refractivity contribution is 6.68. The van der Waals surface area contributed by atoms with Crippen LogP contribution in [0.5, 0.6) is 0 Å². The lowest BCUT2D eigenvalue weighted by Crippen LogP contribution is -2.89. The molecule has 2 heterocycles. The van der Waals surface area contributed by atoms with Gasteiger partial charge in [-0.2, -0.15) is 0 Å². The largest absolute Gasteiger partial charge is 0.334 e. The van der Waals surface area contributed by atoms with E-state index in [-0.39, 0.29) is 16.1 Å². The molecule has 1 aliphatic heterocycles. The van der Waals surface area contributed by atoms with Crippen molar-refractivity contribution in [3.05, 3.63) is 151 Å². The van der Waals surface area contributed by atoms with E-state index in [0.29, 0.717) is 0 Å². The lowest BCUT2D eigenvalue weighted by molar-refractivity contribution is 0.192. The van der Waals surface area contributed by atoms with Gasteiger partial charge in [0.1, 0.15) is 76.4 Å². The summed E-state index contributed by atoms with van der Waals surface area (Å²) < 4.78 is 2.43. The van der Waals surface area contributed by atoms with E-state index in [4.69, 9.17) is 4.98 Å². The van der Waals surface area contributed by atoms with Gasteiger partial charge in [-0.15, -0.1) is 16.4 Å². The molecule has 0 amide bonds. The van der Waals surface area contributed by atoms with E-state index in [1.165, 1.54) is 98.9 Å². The molecule has 0 radical (unpaired) electrons. The van der Waals surface area contributed by atoms with Crippen LogP contribution < -0.4 is 32.6 Å². The highest BCUT2D eigenvalue weighted by Gasteiger charge is 2.68. The fourth-order valence-corrected chi connectivity index (χ4v) is 12.4. The molecule has 11 rings (SSSR count). The number of imidazole rings is 1. The first kappa shape index (κ1) is 37.3. The molecule has 276 valence electrons. The molecule has 1 aromatic heterocycles. The minimum Gasteiger partial charge on any atom is -0.334 e. The van der Waals surface area contributed by atoms with E-state index in [1.54, 1.807) is 0 Å². The summed E-state index contributed by atoms with van der Waals surface area (Å²) in [6.45, 7) is 0. The number of nitrogens with one attached hydrogen (secondary N) is 1. The van der Waals surface area contributed by atoms with Gasteiger partial charge in [0, 0.05) is 16.5 Å². The van der Waals surface area contributed by atoms with Gasteiger partial charge in [-0.1, -0.05) is 126 Å². The van der Waals surface area contributed by atoms with Gasteiger partial charge in [0.2, 0.25) is 0 Å². The van der Waals surface area contributed by atoms with Crippen LogP contribution in [0.2, 0.25) is 0 Å². The van der Waals surface area contributed by atoms with Crippen molar-refractivity contribution in [3.8, 4) is 50.5 Å². The number of benzene rings is 8. The SMILES string of the molecule is Bc1c(B)c(B)c(-c2nc3ccccc3n2-c2ccccc2-c2c3ccccc3c(-c3ccc4c(c3)C3(c5ccccc5-4)C(B)(B)NC3(B)B)c3ccccc23)c(B)c1B. The molecule has 8 aromatic carbocycles. The molecule has 1 N–H and O–H groups in total. The Morgan fingerprint density at radius 3 is 1.58 bits per heavy atom. The highest BCUT2D eigenvalue weighted by atomic mass is 15.1. The van der Waals surface area contributed by atoms with E-state index >= 15 is 0 Å². The van der Waals surface area contributed by atoms with Gasteiger partial charge >= 0.3 is 0 Å². The van der Waals surface area contributed by atoms with Gasteiger partial charge < -0.3 is 5.32 Å². The third-order valence-corrected chi connectivity index (χ3v) is 15.0. The van der Waals surface area contributed by atoms with Crippen LogP contribution in [-0.2, 0) is 5.41 Å². The zero-order valence-corrected chi connectivity index (χ0v) is 36.2. The molecular weight excluding hydrogens is 716 g/mol. The fourth-order valence-electron chi connectivity index (χ4n) is 12.4. The number of nitrogens with zero attached hydrogens (tertiary/aromatic N) is 2. The van der Waals surface area contributed by atoms with Crippen molar-refractivity contribution in [1.29, 1.82) is 0 Å². The zero-order valence-electron chi connectivity index (χ0n) is 36.2. The van der Waals surface area contributed by atoms with Crippen LogP contribution in [0, 0.1) is 0 Å². The first-order valence-corrected chi connectivity index (χ1v) is 21.5. The molecule has 9 aromatic rings. The first-order chi connectivity index (χ1) is 28.9. The summed E-state index contributed by atoms with van der Waals surface area (Å²) in [5.74, 6) is 0.986. The second-order valence-electron chi connectivity index (χ2n) is 18.5.